The van der Waals surface area contributed by atoms with E-state index in [-0.39, 0.29) is 24.4 Å². The van der Waals surface area contributed by atoms with Crippen LogP contribution in [0.25, 0.3) is 0 Å². The van der Waals surface area contributed by atoms with Crippen molar-refractivity contribution in [2.24, 2.45) is 0 Å². The quantitative estimate of drug-likeness (QED) is 0.0172. The molecule has 3 aromatic carbocycles. The van der Waals surface area contributed by atoms with Gasteiger partial charge in [-0.15, -0.1) is 0 Å². The predicted octanol–water partition coefficient (Wildman–Crippen LogP) is 11.2. The van der Waals surface area contributed by atoms with Crippen LogP contribution in [-0.4, -0.2) is 88.3 Å². The standard InChI is InChI=1S/C58H74O14/c1-5-55(61)69-33-21-13-9-17-29-65-49-39-47(40-50(43-49)66-30-18-10-14-22-34-70-56(62)6-2)53(59)37-45-25-27-46(28-26-45)38-54(60)48-41-51(67-31-19-11-15-23-35-71-57(63)7-3)44-52(42-48)68-32-20-12-16-24-36-72-58(64)8-4/h5-8,25-28,39-44H,1-4,9-24,29-38H2. The van der Waals surface area contributed by atoms with E-state index in [4.69, 9.17) is 37.9 Å². The Hall–Kier alpha value is -6.96. The minimum absolute atomic E-state index is 0.121. The largest absolute Gasteiger partial charge is 0.493 e. The summed E-state index contributed by atoms with van der Waals surface area (Å²) in [6.45, 7) is 16.7. The zero-order valence-corrected chi connectivity index (χ0v) is 42.0. The number of esters is 4. The van der Waals surface area contributed by atoms with E-state index >= 15 is 0 Å². The van der Waals surface area contributed by atoms with Gasteiger partial charge in [-0.25, -0.2) is 19.2 Å². The smallest absolute Gasteiger partial charge is 0.330 e. The molecular formula is C58H74O14. The first kappa shape index (κ1) is 59.3. The Kier molecular flexibility index (Phi) is 30.4. The van der Waals surface area contributed by atoms with Gasteiger partial charge in [-0.2, -0.15) is 0 Å². The lowest BCUT2D eigenvalue weighted by atomic mass is 9.98. The topological polar surface area (TPSA) is 176 Å². The summed E-state index contributed by atoms with van der Waals surface area (Å²) in [6.07, 6.45) is 17.9. The highest BCUT2D eigenvalue weighted by atomic mass is 16.5. The first-order valence-electron chi connectivity index (χ1n) is 25.2. The van der Waals surface area contributed by atoms with Crippen molar-refractivity contribution in [3.8, 4) is 23.0 Å². The van der Waals surface area contributed by atoms with E-state index in [0.717, 1.165) is 138 Å². The molecule has 0 spiro atoms. The summed E-state index contributed by atoms with van der Waals surface area (Å²) < 4.78 is 44.6. The van der Waals surface area contributed by atoms with Gasteiger partial charge in [0.25, 0.3) is 0 Å². The molecular weight excluding hydrogens is 921 g/mol. The van der Waals surface area contributed by atoms with E-state index in [1.807, 2.05) is 24.3 Å². The Morgan fingerprint density at radius 1 is 0.319 bits per heavy atom. The molecule has 0 aliphatic heterocycles. The van der Waals surface area contributed by atoms with Crippen LogP contribution in [-0.2, 0) is 51.0 Å². The molecule has 14 heteroatoms. The van der Waals surface area contributed by atoms with Crippen LogP contribution in [0.15, 0.2) is 111 Å². The second kappa shape index (κ2) is 36.9. The van der Waals surface area contributed by atoms with Crippen molar-refractivity contribution in [2.45, 2.75) is 116 Å². The zero-order valence-electron chi connectivity index (χ0n) is 42.0. The van der Waals surface area contributed by atoms with Gasteiger partial charge in [-0.1, -0.05) is 50.6 Å². The average molecular weight is 995 g/mol. The molecule has 0 aromatic heterocycles. The molecule has 0 heterocycles. The summed E-state index contributed by atoms with van der Waals surface area (Å²) in [6, 6.07) is 17.9. The molecule has 0 fully saturated rings. The second-order valence-electron chi connectivity index (χ2n) is 16.9. The Morgan fingerprint density at radius 3 is 0.764 bits per heavy atom. The number of Topliss-reactive ketones (excluding diaryl/α,β-unsaturated/α-hetero) is 2. The zero-order chi connectivity index (χ0) is 52.0. The van der Waals surface area contributed by atoms with Crippen molar-refractivity contribution in [3.05, 3.63) is 134 Å². The fraction of sp³-hybridized carbons (Fsp3) is 0.448. The summed E-state index contributed by atoms with van der Waals surface area (Å²) in [5, 5.41) is 0. The highest BCUT2D eigenvalue weighted by molar-refractivity contribution is 5.99. The van der Waals surface area contributed by atoms with Gasteiger partial charge >= 0.3 is 23.9 Å². The van der Waals surface area contributed by atoms with Crippen molar-refractivity contribution < 1.29 is 66.7 Å². The number of rotatable bonds is 42. The SMILES string of the molecule is C=CC(=O)OCCCCCCOc1cc(OCCCCCCOC(=O)C=C)cc(C(=O)Cc2ccc(CC(=O)c3cc(OCCCCCCOC(=O)C=C)cc(OCCCCCCOC(=O)C=C)c3)cc2)c1. The van der Waals surface area contributed by atoms with Gasteiger partial charge in [0.2, 0.25) is 0 Å². The average Bonchev–Trinajstić information content (AvgIpc) is 3.39. The lowest BCUT2D eigenvalue weighted by Crippen LogP contribution is -2.08. The Labute approximate surface area is 425 Å². The molecule has 0 N–H and O–H groups in total. The summed E-state index contributed by atoms with van der Waals surface area (Å²) >= 11 is 0. The minimum atomic E-state index is -0.431. The van der Waals surface area contributed by atoms with Gasteiger partial charge in [-0.05, 0) is 138 Å². The molecule has 0 saturated heterocycles. The second-order valence-corrected chi connectivity index (χ2v) is 16.9. The summed E-state index contributed by atoms with van der Waals surface area (Å²) in [4.78, 5) is 72.7. The van der Waals surface area contributed by atoms with Gasteiger partial charge in [0.15, 0.2) is 11.6 Å². The maximum Gasteiger partial charge on any atom is 0.330 e. The highest BCUT2D eigenvalue weighted by Crippen LogP contribution is 2.27. The summed E-state index contributed by atoms with van der Waals surface area (Å²) in [5.41, 5.74) is 2.47. The number of unbranched alkanes of at least 4 members (excludes halogenated alkanes) is 12. The number of benzene rings is 3. The summed E-state index contributed by atoms with van der Waals surface area (Å²) in [7, 11) is 0. The van der Waals surface area contributed by atoms with Gasteiger partial charge in [0.05, 0.1) is 52.9 Å². The molecule has 0 amide bonds. The number of hydrogen-bond acceptors (Lipinski definition) is 14. The van der Waals surface area contributed by atoms with Crippen molar-refractivity contribution in [3.63, 3.8) is 0 Å². The van der Waals surface area contributed by atoms with Crippen LogP contribution >= 0.6 is 0 Å². The maximum atomic E-state index is 13.8. The molecule has 0 saturated carbocycles. The van der Waals surface area contributed by atoms with Crippen molar-refractivity contribution in [2.75, 3.05) is 52.9 Å². The number of ether oxygens (including phenoxy) is 8. The normalized spacial score (nSPS) is 10.6. The molecule has 3 aromatic rings. The number of carbonyl (C=O) groups is 6. The van der Waals surface area contributed by atoms with Crippen LogP contribution in [0.1, 0.15) is 135 Å². The van der Waals surface area contributed by atoms with E-state index in [1.165, 1.54) is 0 Å². The molecule has 0 radical (unpaired) electrons. The lowest BCUT2D eigenvalue weighted by molar-refractivity contribution is -0.138. The van der Waals surface area contributed by atoms with E-state index in [0.29, 0.717) is 87.0 Å². The molecule has 0 unspecified atom stereocenters. The van der Waals surface area contributed by atoms with Crippen LogP contribution in [0.3, 0.4) is 0 Å². The van der Waals surface area contributed by atoms with Gasteiger partial charge in [0.1, 0.15) is 23.0 Å². The first-order valence-corrected chi connectivity index (χ1v) is 25.2. The molecule has 0 atom stereocenters. The Morgan fingerprint density at radius 2 is 0.542 bits per heavy atom. The molecule has 72 heavy (non-hydrogen) atoms. The molecule has 0 aliphatic rings. The number of ketones is 2. The van der Waals surface area contributed by atoms with Gasteiger partial charge in [-0.3, -0.25) is 9.59 Å². The predicted molar refractivity (Wildman–Crippen MR) is 276 cm³/mol. The third kappa shape index (κ3) is 26.9. The molecule has 3 rings (SSSR count). The summed E-state index contributed by atoms with van der Waals surface area (Å²) in [5.74, 6) is 0.137. The minimum Gasteiger partial charge on any atom is -0.493 e. The first-order chi connectivity index (χ1) is 35.0. The molecule has 390 valence electrons. The van der Waals surface area contributed by atoms with Crippen LogP contribution in [0.2, 0.25) is 0 Å². The van der Waals surface area contributed by atoms with Crippen LogP contribution in [0, 0.1) is 0 Å². The number of hydrogen-bond donors (Lipinski definition) is 0. The number of carbonyl (C=O) groups excluding carboxylic acids is 6. The molecule has 14 nitrogen and oxygen atoms in total. The third-order valence-electron chi connectivity index (χ3n) is 11.0. The highest BCUT2D eigenvalue weighted by Gasteiger charge is 2.15. The van der Waals surface area contributed by atoms with E-state index < -0.39 is 23.9 Å². The third-order valence-corrected chi connectivity index (χ3v) is 11.0. The van der Waals surface area contributed by atoms with Crippen molar-refractivity contribution in [1.82, 2.24) is 0 Å². The van der Waals surface area contributed by atoms with Crippen LogP contribution in [0.5, 0.6) is 23.0 Å². The lowest BCUT2D eigenvalue weighted by Gasteiger charge is -2.13. The fourth-order valence-corrected chi connectivity index (χ4v) is 7.07. The molecule has 0 aliphatic carbocycles. The van der Waals surface area contributed by atoms with Gasteiger partial charge < -0.3 is 37.9 Å². The fourth-order valence-electron chi connectivity index (χ4n) is 7.07. The van der Waals surface area contributed by atoms with Gasteiger partial charge in [0, 0.05) is 60.4 Å². The Bertz CT molecular complexity index is 1910. The van der Waals surface area contributed by atoms with Crippen LogP contribution in [0.4, 0.5) is 0 Å². The van der Waals surface area contributed by atoms with Crippen molar-refractivity contribution >= 4 is 35.4 Å². The van der Waals surface area contributed by atoms with Crippen LogP contribution < -0.4 is 18.9 Å². The monoisotopic (exact) mass is 995 g/mol. The Balaban J connectivity index is 1.62. The van der Waals surface area contributed by atoms with E-state index in [1.54, 1.807) is 36.4 Å². The molecule has 0 bridgehead atoms. The van der Waals surface area contributed by atoms with E-state index in [9.17, 15) is 28.8 Å². The van der Waals surface area contributed by atoms with E-state index in [2.05, 4.69) is 26.3 Å². The van der Waals surface area contributed by atoms with Crippen molar-refractivity contribution in [1.29, 1.82) is 0 Å². The maximum absolute atomic E-state index is 13.8.